The molecule has 1 heterocycles. The monoisotopic (exact) mass is 375 g/mol. The molecule has 132 valence electrons. The molecule has 1 N–H and O–H groups in total. The van der Waals surface area contributed by atoms with Crippen molar-refractivity contribution in [3.63, 3.8) is 0 Å². The van der Waals surface area contributed by atoms with E-state index in [-0.39, 0.29) is 0 Å². The molecular weight excluding hydrogens is 354 g/mol. The van der Waals surface area contributed by atoms with Gasteiger partial charge >= 0.3 is 0 Å². The van der Waals surface area contributed by atoms with Gasteiger partial charge in [0.1, 0.15) is 5.75 Å². The molecule has 4 nitrogen and oxygen atoms in total. The van der Waals surface area contributed by atoms with Crippen LogP contribution < -0.4 is 15.0 Å². The summed E-state index contributed by atoms with van der Waals surface area (Å²) in [6, 6.07) is 14.0. The molecule has 0 spiro atoms. The van der Waals surface area contributed by atoms with Crippen LogP contribution >= 0.6 is 23.8 Å². The molecule has 1 fully saturated rings. The Kier molecular flexibility index (Phi) is 5.66. The molecular formula is C19H22ClN3OS. The van der Waals surface area contributed by atoms with Crippen molar-refractivity contribution in [2.24, 2.45) is 0 Å². The lowest BCUT2D eigenvalue weighted by Gasteiger charge is -2.37. The van der Waals surface area contributed by atoms with Crippen LogP contribution in [0.2, 0.25) is 5.02 Å². The van der Waals surface area contributed by atoms with Gasteiger partial charge in [-0.2, -0.15) is 0 Å². The second kappa shape index (κ2) is 7.93. The van der Waals surface area contributed by atoms with Crippen LogP contribution in [0.1, 0.15) is 5.56 Å². The Bertz CT molecular complexity index is 760. The number of anilines is 2. The number of ether oxygens (including phenoxy) is 1. The van der Waals surface area contributed by atoms with E-state index < -0.39 is 0 Å². The molecule has 3 rings (SSSR count). The number of thiocarbonyl (C=S) groups is 1. The van der Waals surface area contributed by atoms with E-state index in [1.54, 1.807) is 7.11 Å². The summed E-state index contributed by atoms with van der Waals surface area (Å²) in [7, 11) is 1.67. The largest absolute Gasteiger partial charge is 0.495 e. The molecule has 1 saturated heterocycles. The lowest BCUT2D eigenvalue weighted by Crippen LogP contribution is -2.50. The lowest BCUT2D eigenvalue weighted by molar-refractivity contribution is 0.390. The minimum atomic E-state index is 0.731. The van der Waals surface area contributed by atoms with Gasteiger partial charge in [0.15, 0.2) is 5.11 Å². The number of halogens is 1. The smallest absolute Gasteiger partial charge is 0.173 e. The van der Waals surface area contributed by atoms with Crippen LogP contribution in [0.25, 0.3) is 0 Å². The highest BCUT2D eigenvalue weighted by Gasteiger charge is 2.20. The summed E-state index contributed by atoms with van der Waals surface area (Å²) in [5.41, 5.74) is 3.23. The van der Waals surface area contributed by atoms with Gasteiger partial charge < -0.3 is 19.9 Å². The van der Waals surface area contributed by atoms with Crippen LogP contribution in [0.5, 0.6) is 5.75 Å². The molecule has 0 radical (unpaired) electrons. The number of hydrogen-bond donors (Lipinski definition) is 1. The zero-order chi connectivity index (χ0) is 17.8. The molecule has 1 aliphatic rings. The van der Waals surface area contributed by atoms with Gasteiger partial charge in [-0.3, -0.25) is 0 Å². The number of piperazine rings is 1. The summed E-state index contributed by atoms with van der Waals surface area (Å²) in [4.78, 5) is 4.52. The molecule has 0 bridgehead atoms. The number of benzene rings is 2. The Morgan fingerprint density at radius 3 is 2.56 bits per heavy atom. The Labute approximate surface area is 159 Å². The summed E-state index contributed by atoms with van der Waals surface area (Å²) < 4.78 is 5.41. The van der Waals surface area contributed by atoms with E-state index in [2.05, 4.69) is 28.1 Å². The van der Waals surface area contributed by atoms with Crippen LogP contribution in [0.15, 0.2) is 42.5 Å². The van der Waals surface area contributed by atoms with E-state index in [9.17, 15) is 0 Å². The number of hydrogen-bond acceptors (Lipinski definition) is 3. The molecule has 2 aromatic carbocycles. The number of rotatable bonds is 3. The predicted octanol–water partition coefficient (Wildman–Crippen LogP) is 4.18. The number of aryl methyl sites for hydroxylation is 1. The third-order valence-electron chi connectivity index (χ3n) is 4.34. The van der Waals surface area contributed by atoms with E-state index in [1.165, 1.54) is 0 Å². The first-order valence-corrected chi connectivity index (χ1v) is 9.06. The van der Waals surface area contributed by atoms with Gasteiger partial charge in [-0.05, 0) is 55.0 Å². The Balaban J connectivity index is 1.61. The highest BCUT2D eigenvalue weighted by Crippen LogP contribution is 2.26. The third kappa shape index (κ3) is 4.35. The molecule has 0 amide bonds. The standard InChI is InChI=1S/C19H22ClN3OS/c1-14-6-7-18(24-2)17(12-14)21-19(25)23-10-8-22(9-11-23)16-5-3-4-15(20)13-16/h3-7,12-13H,8-11H2,1-2H3,(H,21,25). The van der Waals surface area contributed by atoms with Gasteiger partial charge in [0.05, 0.1) is 12.8 Å². The molecule has 1 aliphatic heterocycles. The topological polar surface area (TPSA) is 27.7 Å². The molecule has 0 unspecified atom stereocenters. The van der Waals surface area contributed by atoms with Crippen LogP contribution in [0.4, 0.5) is 11.4 Å². The highest BCUT2D eigenvalue weighted by atomic mass is 35.5. The zero-order valence-corrected chi connectivity index (χ0v) is 16.0. The maximum absolute atomic E-state index is 6.10. The SMILES string of the molecule is COc1ccc(C)cc1NC(=S)N1CCN(c2cccc(Cl)c2)CC1. The van der Waals surface area contributed by atoms with Crippen molar-refractivity contribution >= 4 is 40.3 Å². The second-order valence-electron chi connectivity index (χ2n) is 6.09. The van der Waals surface area contributed by atoms with Crippen LogP contribution in [0, 0.1) is 6.92 Å². The fraction of sp³-hybridized carbons (Fsp3) is 0.316. The predicted molar refractivity (Wildman–Crippen MR) is 109 cm³/mol. The minimum absolute atomic E-state index is 0.731. The quantitative estimate of drug-likeness (QED) is 0.812. The average Bonchev–Trinajstić information content (AvgIpc) is 2.62. The number of nitrogens with zero attached hydrogens (tertiary/aromatic N) is 2. The van der Waals surface area contributed by atoms with Gasteiger partial charge in [-0.1, -0.05) is 23.7 Å². The van der Waals surface area contributed by atoms with Crippen molar-refractivity contribution in [1.29, 1.82) is 0 Å². The Morgan fingerprint density at radius 1 is 1.12 bits per heavy atom. The number of methoxy groups -OCH3 is 1. The van der Waals surface area contributed by atoms with Gasteiger partial charge in [0.2, 0.25) is 0 Å². The van der Waals surface area contributed by atoms with E-state index in [0.29, 0.717) is 0 Å². The molecule has 0 saturated carbocycles. The van der Waals surface area contributed by atoms with Crippen LogP contribution in [-0.4, -0.2) is 43.3 Å². The van der Waals surface area contributed by atoms with Gasteiger partial charge in [-0.25, -0.2) is 0 Å². The van der Waals surface area contributed by atoms with Crippen molar-refractivity contribution in [1.82, 2.24) is 4.90 Å². The summed E-state index contributed by atoms with van der Waals surface area (Å²) in [6.45, 7) is 5.61. The second-order valence-corrected chi connectivity index (χ2v) is 6.91. The van der Waals surface area contributed by atoms with Gasteiger partial charge in [0.25, 0.3) is 0 Å². The third-order valence-corrected chi connectivity index (χ3v) is 4.93. The van der Waals surface area contributed by atoms with Crippen LogP contribution in [-0.2, 0) is 0 Å². The molecule has 0 aromatic heterocycles. The molecule has 0 aliphatic carbocycles. The highest BCUT2D eigenvalue weighted by molar-refractivity contribution is 7.80. The summed E-state index contributed by atoms with van der Waals surface area (Å²) >= 11 is 11.7. The normalized spacial score (nSPS) is 14.4. The van der Waals surface area contributed by atoms with Crippen molar-refractivity contribution in [2.45, 2.75) is 6.92 Å². The Hall–Kier alpha value is -1.98. The first-order valence-electron chi connectivity index (χ1n) is 8.28. The van der Waals surface area contributed by atoms with E-state index >= 15 is 0 Å². The average molecular weight is 376 g/mol. The van der Waals surface area contributed by atoms with Crippen molar-refractivity contribution in [3.05, 3.63) is 53.1 Å². The van der Waals surface area contributed by atoms with Crippen molar-refractivity contribution in [2.75, 3.05) is 43.5 Å². The van der Waals surface area contributed by atoms with Gasteiger partial charge in [0, 0.05) is 36.9 Å². The maximum atomic E-state index is 6.10. The summed E-state index contributed by atoms with van der Waals surface area (Å²) in [5, 5.41) is 4.83. The molecule has 6 heteroatoms. The lowest BCUT2D eigenvalue weighted by atomic mass is 10.2. The van der Waals surface area contributed by atoms with E-state index in [0.717, 1.165) is 59.0 Å². The fourth-order valence-corrected chi connectivity index (χ4v) is 3.43. The molecule has 25 heavy (non-hydrogen) atoms. The van der Waals surface area contributed by atoms with Gasteiger partial charge in [-0.15, -0.1) is 0 Å². The first kappa shape index (κ1) is 17.8. The minimum Gasteiger partial charge on any atom is -0.495 e. The van der Waals surface area contributed by atoms with Crippen molar-refractivity contribution < 1.29 is 4.74 Å². The Morgan fingerprint density at radius 2 is 1.88 bits per heavy atom. The summed E-state index contributed by atoms with van der Waals surface area (Å²) in [6.07, 6.45) is 0. The number of nitrogens with one attached hydrogen (secondary N) is 1. The summed E-state index contributed by atoms with van der Waals surface area (Å²) in [5.74, 6) is 0.797. The molecule has 0 atom stereocenters. The van der Waals surface area contributed by atoms with Crippen LogP contribution in [0.3, 0.4) is 0 Å². The van der Waals surface area contributed by atoms with E-state index in [4.69, 9.17) is 28.6 Å². The van der Waals surface area contributed by atoms with E-state index in [1.807, 2.05) is 36.4 Å². The van der Waals surface area contributed by atoms with Crippen molar-refractivity contribution in [3.8, 4) is 5.75 Å². The first-order chi connectivity index (χ1) is 12.1. The molecule has 2 aromatic rings. The fourth-order valence-electron chi connectivity index (χ4n) is 2.95. The zero-order valence-electron chi connectivity index (χ0n) is 14.5. The maximum Gasteiger partial charge on any atom is 0.173 e.